The topological polar surface area (TPSA) is 64.3 Å². The number of fused-ring (bicyclic) bond motifs is 1. The molecule has 11 heteroatoms. The molecule has 0 unspecified atom stereocenters. The number of nitrogens with zero attached hydrogens (tertiary/aromatic N) is 5. The highest BCUT2D eigenvalue weighted by atomic mass is 35.5. The third-order valence-electron chi connectivity index (χ3n) is 7.00. The van der Waals surface area contributed by atoms with Crippen LogP contribution < -0.4 is 15.5 Å². The lowest BCUT2D eigenvalue weighted by Crippen LogP contribution is -2.47. The van der Waals surface area contributed by atoms with Crippen molar-refractivity contribution in [1.82, 2.24) is 9.88 Å². The molecular weight excluding hydrogens is 523 g/mol. The smallest absolute Gasteiger partial charge is 0.416 e. The van der Waals surface area contributed by atoms with E-state index in [4.69, 9.17) is 11.6 Å². The summed E-state index contributed by atoms with van der Waals surface area (Å²) < 4.78 is 41.7. The highest BCUT2D eigenvalue weighted by Gasteiger charge is 2.35. The van der Waals surface area contributed by atoms with Gasteiger partial charge in [0, 0.05) is 49.2 Å². The third-order valence-corrected chi connectivity index (χ3v) is 8.40. The van der Waals surface area contributed by atoms with E-state index in [0.717, 1.165) is 37.8 Å². The Morgan fingerprint density at radius 1 is 1.08 bits per heavy atom. The lowest BCUT2D eigenvalue weighted by molar-refractivity contribution is -0.138. The van der Waals surface area contributed by atoms with E-state index in [1.807, 2.05) is 6.07 Å². The van der Waals surface area contributed by atoms with Gasteiger partial charge in [-0.25, -0.2) is 0 Å². The molecule has 0 spiro atoms. The number of benzene rings is 2. The summed E-state index contributed by atoms with van der Waals surface area (Å²) in [6, 6.07) is 9.89. The van der Waals surface area contributed by atoms with Crippen molar-refractivity contribution in [3.05, 3.63) is 73.6 Å². The van der Waals surface area contributed by atoms with Gasteiger partial charge < -0.3 is 10.0 Å². The summed E-state index contributed by atoms with van der Waals surface area (Å²) in [5.41, 5.74) is 0.588. The zero-order valence-electron chi connectivity index (χ0n) is 19.7. The van der Waals surface area contributed by atoms with Gasteiger partial charge in [0.05, 0.1) is 22.0 Å². The molecule has 3 aliphatic rings. The number of hydrogen-bond acceptors (Lipinski definition) is 7. The van der Waals surface area contributed by atoms with Gasteiger partial charge in [0.15, 0.2) is 5.13 Å². The number of piperazine rings is 1. The van der Waals surface area contributed by atoms with Gasteiger partial charge in [0.1, 0.15) is 0 Å². The van der Waals surface area contributed by atoms with Crippen LogP contribution in [0.25, 0.3) is 5.57 Å². The van der Waals surface area contributed by atoms with Crippen molar-refractivity contribution >= 4 is 39.9 Å². The summed E-state index contributed by atoms with van der Waals surface area (Å²) >= 11 is 7.23. The van der Waals surface area contributed by atoms with Crippen LogP contribution in [0.2, 0.25) is 5.02 Å². The fraction of sp³-hybridized carbons (Fsp3) is 0.346. The molecule has 1 N–H and O–H groups in total. The van der Waals surface area contributed by atoms with Gasteiger partial charge in [-0.1, -0.05) is 35.1 Å². The van der Waals surface area contributed by atoms with Crippen molar-refractivity contribution in [3.63, 3.8) is 0 Å². The van der Waals surface area contributed by atoms with Crippen molar-refractivity contribution in [2.45, 2.75) is 31.5 Å². The van der Waals surface area contributed by atoms with Crippen LogP contribution in [0.4, 0.5) is 18.3 Å². The van der Waals surface area contributed by atoms with Crippen molar-refractivity contribution < 1.29 is 18.3 Å². The number of halogens is 4. The Bertz CT molecular complexity index is 1510. The first-order valence-electron chi connectivity index (χ1n) is 12.1. The minimum absolute atomic E-state index is 0.0150. The largest absolute Gasteiger partial charge is 0.492 e. The number of alkyl halides is 3. The maximum absolute atomic E-state index is 13.9. The number of rotatable bonds is 5. The van der Waals surface area contributed by atoms with Gasteiger partial charge in [-0.05, 0) is 53.5 Å². The zero-order chi connectivity index (χ0) is 25.7. The summed E-state index contributed by atoms with van der Waals surface area (Å²) in [5.74, 6) is -0.180. The summed E-state index contributed by atoms with van der Waals surface area (Å²) in [7, 11) is 0. The van der Waals surface area contributed by atoms with Crippen LogP contribution in [-0.4, -0.2) is 53.4 Å². The molecule has 0 amide bonds. The first-order valence-corrected chi connectivity index (χ1v) is 13.2. The van der Waals surface area contributed by atoms with Gasteiger partial charge in [0.2, 0.25) is 5.88 Å². The van der Waals surface area contributed by atoms with Crippen molar-refractivity contribution in [1.29, 1.82) is 0 Å². The van der Waals surface area contributed by atoms with E-state index >= 15 is 0 Å². The Hall–Kier alpha value is -2.95. The standard InChI is InChI=1S/C26H23ClF3N5OS/c27-18-3-1-16(21(13-18)26(28,29)30)12-20(15-2-6-22-17(11-15)14-31-33-22)23-24(36)32-25(37-23)35-9-7-34(8-10-35)19-4-5-19/h1-3,6,11,13-14,19,36H,4-5,7-10,12H2. The fourth-order valence-electron chi connectivity index (χ4n) is 4.91. The average molecular weight is 546 g/mol. The molecule has 6 rings (SSSR count). The second kappa shape index (κ2) is 9.41. The fourth-order valence-corrected chi connectivity index (χ4v) is 6.16. The second-order valence-electron chi connectivity index (χ2n) is 9.48. The Kier molecular flexibility index (Phi) is 6.21. The molecule has 3 aromatic rings. The molecule has 192 valence electrons. The Morgan fingerprint density at radius 2 is 1.86 bits per heavy atom. The summed E-state index contributed by atoms with van der Waals surface area (Å²) in [6.07, 6.45) is -0.522. The van der Waals surface area contributed by atoms with Crippen LogP contribution in [0.3, 0.4) is 0 Å². The van der Waals surface area contributed by atoms with Gasteiger partial charge in [0.25, 0.3) is 0 Å². The van der Waals surface area contributed by atoms with Crippen LogP contribution in [-0.2, 0) is 12.6 Å². The maximum Gasteiger partial charge on any atom is 0.416 e. The van der Waals surface area contributed by atoms with Crippen molar-refractivity contribution in [2.24, 2.45) is 10.2 Å². The van der Waals surface area contributed by atoms with Gasteiger partial charge in [-0.2, -0.15) is 28.4 Å². The quantitative estimate of drug-likeness (QED) is 0.522. The van der Waals surface area contributed by atoms with Gasteiger partial charge >= 0.3 is 6.18 Å². The maximum atomic E-state index is 13.9. The van der Waals surface area contributed by atoms with E-state index < -0.39 is 11.7 Å². The molecule has 1 aliphatic carbocycles. The van der Waals surface area contributed by atoms with Crippen molar-refractivity contribution in [3.8, 4) is 5.88 Å². The zero-order valence-corrected chi connectivity index (χ0v) is 21.2. The van der Waals surface area contributed by atoms with Gasteiger partial charge in [-0.15, -0.1) is 0 Å². The Morgan fingerprint density at radius 3 is 2.59 bits per heavy atom. The molecule has 3 heterocycles. The predicted molar refractivity (Wildman–Crippen MR) is 138 cm³/mol. The Labute approximate surface area is 220 Å². The SMILES string of the molecule is Oc1nc(N2CCN(C3CC3)CC2)sc1C(Cc1ccc(Cl)cc1C(F)(F)F)=c1ccc2c(c1)C=NN=2. The Balaban J connectivity index is 1.42. The first kappa shape index (κ1) is 24.4. The molecule has 37 heavy (non-hydrogen) atoms. The molecule has 0 radical (unpaired) electrons. The lowest BCUT2D eigenvalue weighted by atomic mass is 9.96. The average Bonchev–Trinajstić information content (AvgIpc) is 3.50. The molecule has 2 aliphatic heterocycles. The minimum Gasteiger partial charge on any atom is -0.492 e. The number of aromatic nitrogens is 1. The normalized spacial score (nSPS) is 18.6. The van der Waals surface area contributed by atoms with E-state index in [9.17, 15) is 18.3 Å². The molecule has 1 saturated heterocycles. The molecular formula is C26H23ClF3N5OS. The van der Waals surface area contributed by atoms with E-state index in [0.29, 0.717) is 32.2 Å². The predicted octanol–water partition coefficient (Wildman–Crippen LogP) is 4.21. The molecule has 2 aromatic carbocycles. The number of anilines is 1. The van der Waals surface area contributed by atoms with E-state index in [1.54, 1.807) is 18.3 Å². The molecule has 2 fully saturated rings. The highest BCUT2D eigenvalue weighted by molar-refractivity contribution is 7.17. The highest BCUT2D eigenvalue weighted by Crippen LogP contribution is 2.40. The lowest BCUT2D eigenvalue weighted by Gasteiger charge is -2.34. The molecule has 0 bridgehead atoms. The second-order valence-corrected chi connectivity index (χ2v) is 10.9. The molecule has 1 aromatic heterocycles. The van der Waals surface area contributed by atoms with E-state index in [-0.39, 0.29) is 22.9 Å². The van der Waals surface area contributed by atoms with E-state index in [2.05, 4.69) is 25.0 Å². The summed E-state index contributed by atoms with van der Waals surface area (Å²) in [4.78, 5) is 9.52. The van der Waals surface area contributed by atoms with E-state index in [1.165, 1.54) is 36.3 Å². The molecule has 0 atom stereocenters. The van der Waals surface area contributed by atoms with Crippen LogP contribution in [0.15, 0.2) is 46.6 Å². The number of hydrogen-bond donors (Lipinski definition) is 1. The van der Waals surface area contributed by atoms with Crippen molar-refractivity contribution in [2.75, 3.05) is 31.1 Å². The van der Waals surface area contributed by atoms with Crippen LogP contribution >= 0.6 is 22.9 Å². The molecule has 1 saturated carbocycles. The molecule has 6 nitrogen and oxygen atoms in total. The summed E-state index contributed by atoms with van der Waals surface area (Å²) in [5, 5.41) is 21.0. The number of thiazole rings is 1. The third kappa shape index (κ3) is 4.97. The van der Waals surface area contributed by atoms with Gasteiger partial charge in [-0.3, -0.25) is 4.90 Å². The van der Waals surface area contributed by atoms with Crippen LogP contribution in [0.5, 0.6) is 5.88 Å². The first-order chi connectivity index (χ1) is 17.8. The minimum atomic E-state index is -4.57. The monoisotopic (exact) mass is 545 g/mol. The summed E-state index contributed by atoms with van der Waals surface area (Å²) in [6.45, 7) is 3.46. The number of aromatic hydroxyl groups is 1. The van der Waals surface area contributed by atoms with Crippen LogP contribution in [0, 0.1) is 0 Å². The van der Waals surface area contributed by atoms with Crippen LogP contribution in [0.1, 0.15) is 34.4 Å².